The van der Waals surface area contributed by atoms with Crippen molar-refractivity contribution >= 4 is 29.9 Å². The molecule has 118 valence electrons. The molecule has 0 radical (unpaired) electrons. The van der Waals surface area contributed by atoms with Crippen LogP contribution in [0, 0.1) is 0 Å². The molecular weight excluding hydrogens is 377 g/mol. The van der Waals surface area contributed by atoms with Crippen molar-refractivity contribution in [2.45, 2.75) is 38.7 Å². The van der Waals surface area contributed by atoms with Gasteiger partial charge in [-0.25, -0.2) is 0 Å². The molecular formula is C16H26IN3O. The molecule has 2 N–H and O–H groups in total. The molecule has 1 aromatic rings. The number of nitrogens with zero attached hydrogens (tertiary/aromatic N) is 1. The molecule has 1 aromatic carbocycles. The van der Waals surface area contributed by atoms with E-state index in [2.05, 4.69) is 34.7 Å². The Kier molecular flexibility index (Phi) is 8.49. The summed E-state index contributed by atoms with van der Waals surface area (Å²) < 4.78 is 5.90. The van der Waals surface area contributed by atoms with Crippen molar-refractivity contribution < 1.29 is 4.74 Å². The van der Waals surface area contributed by atoms with Gasteiger partial charge in [0.05, 0.1) is 6.54 Å². The van der Waals surface area contributed by atoms with Gasteiger partial charge in [0, 0.05) is 20.0 Å². The fourth-order valence-electron chi connectivity index (χ4n) is 2.38. The molecule has 2 rings (SSSR count). The molecule has 0 aliphatic carbocycles. The number of fused-ring (bicyclic) bond motifs is 1. The minimum atomic E-state index is 0. The number of hydrogen-bond donors (Lipinski definition) is 2. The zero-order valence-corrected chi connectivity index (χ0v) is 15.2. The van der Waals surface area contributed by atoms with Crippen molar-refractivity contribution in [3.63, 3.8) is 0 Å². The van der Waals surface area contributed by atoms with Crippen LogP contribution in [-0.2, 0) is 6.42 Å². The van der Waals surface area contributed by atoms with E-state index >= 15 is 0 Å². The second-order valence-corrected chi connectivity index (χ2v) is 5.14. The molecule has 1 unspecified atom stereocenters. The van der Waals surface area contributed by atoms with Crippen molar-refractivity contribution in [3.8, 4) is 5.75 Å². The van der Waals surface area contributed by atoms with Crippen LogP contribution in [0.2, 0.25) is 0 Å². The topological polar surface area (TPSA) is 45.7 Å². The van der Waals surface area contributed by atoms with E-state index in [9.17, 15) is 0 Å². The maximum absolute atomic E-state index is 5.90. The zero-order valence-electron chi connectivity index (χ0n) is 12.9. The number of benzene rings is 1. The minimum absolute atomic E-state index is 0. The highest BCUT2D eigenvalue weighted by Crippen LogP contribution is 2.27. The SMILES string of the molecule is CCCCCNC(=NC)NCC1Cc2ccccc2O1.I. The highest BCUT2D eigenvalue weighted by atomic mass is 127. The van der Waals surface area contributed by atoms with Gasteiger partial charge in [0.25, 0.3) is 0 Å². The molecule has 0 spiro atoms. The van der Waals surface area contributed by atoms with Gasteiger partial charge in [0.2, 0.25) is 0 Å². The predicted octanol–water partition coefficient (Wildman–Crippen LogP) is 2.96. The number of hydrogen-bond acceptors (Lipinski definition) is 2. The molecule has 0 aromatic heterocycles. The molecule has 0 saturated heterocycles. The standard InChI is InChI=1S/C16H25N3O.HI/c1-3-4-7-10-18-16(17-2)19-12-14-11-13-8-5-6-9-15(13)20-14;/h5-6,8-9,14H,3-4,7,10-12H2,1-2H3,(H2,17,18,19);1H. The lowest BCUT2D eigenvalue weighted by molar-refractivity contribution is 0.235. The quantitative estimate of drug-likeness (QED) is 0.332. The van der Waals surface area contributed by atoms with Crippen LogP contribution in [0.1, 0.15) is 31.7 Å². The monoisotopic (exact) mass is 403 g/mol. The minimum Gasteiger partial charge on any atom is -0.488 e. The molecule has 4 nitrogen and oxygen atoms in total. The van der Waals surface area contributed by atoms with E-state index in [-0.39, 0.29) is 30.1 Å². The third kappa shape index (κ3) is 5.73. The van der Waals surface area contributed by atoms with Crippen LogP contribution < -0.4 is 15.4 Å². The molecule has 0 saturated carbocycles. The van der Waals surface area contributed by atoms with Gasteiger partial charge in [-0.1, -0.05) is 38.0 Å². The van der Waals surface area contributed by atoms with Gasteiger partial charge in [-0.05, 0) is 18.1 Å². The van der Waals surface area contributed by atoms with Gasteiger partial charge in [-0.15, -0.1) is 24.0 Å². The highest BCUT2D eigenvalue weighted by molar-refractivity contribution is 14.0. The lowest BCUT2D eigenvalue weighted by atomic mass is 10.1. The van der Waals surface area contributed by atoms with Crippen LogP contribution >= 0.6 is 24.0 Å². The molecule has 0 amide bonds. The number of para-hydroxylation sites is 1. The van der Waals surface area contributed by atoms with E-state index in [0.717, 1.165) is 31.2 Å². The first-order valence-corrected chi connectivity index (χ1v) is 7.52. The van der Waals surface area contributed by atoms with Crippen LogP contribution in [0.4, 0.5) is 0 Å². The third-order valence-electron chi connectivity index (χ3n) is 3.51. The van der Waals surface area contributed by atoms with E-state index in [1.807, 2.05) is 12.1 Å². The summed E-state index contributed by atoms with van der Waals surface area (Å²) in [7, 11) is 1.80. The first-order chi connectivity index (χ1) is 9.83. The normalized spacial score (nSPS) is 16.7. The number of ether oxygens (including phenoxy) is 1. The van der Waals surface area contributed by atoms with E-state index in [1.54, 1.807) is 7.05 Å². The lowest BCUT2D eigenvalue weighted by Crippen LogP contribution is -2.42. The molecule has 1 aliphatic rings. The van der Waals surface area contributed by atoms with Crippen molar-refractivity contribution in [3.05, 3.63) is 29.8 Å². The van der Waals surface area contributed by atoms with Gasteiger partial charge in [0.15, 0.2) is 5.96 Å². The van der Waals surface area contributed by atoms with Crippen LogP contribution in [0.25, 0.3) is 0 Å². The number of nitrogens with one attached hydrogen (secondary N) is 2. The summed E-state index contributed by atoms with van der Waals surface area (Å²) in [5.41, 5.74) is 1.30. The summed E-state index contributed by atoms with van der Waals surface area (Å²) in [5.74, 6) is 1.88. The van der Waals surface area contributed by atoms with Gasteiger partial charge in [-0.2, -0.15) is 0 Å². The maximum Gasteiger partial charge on any atom is 0.191 e. The molecule has 1 aliphatic heterocycles. The number of aliphatic imine (C=N–C) groups is 1. The summed E-state index contributed by atoms with van der Waals surface area (Å²) in [6.07, 6.45) is 4.84. The van der Waals surface area contributed by atoms with Crippen LogP contribution in [0.3, 0.4) is 0 Å². The van der Waals surface area contributed by atoms with Crippen LogP contribution in [0.15, 0.2) is 29.3 Å². The van der Waals surface area contributed by atoms with E-state index in [0.29, 0.717) is 0 Å². The summed E-state index contributed by atoms with van der Waals surface area (Å²) >= 11 is 0. The molecule has 21 heavy (non-hydrogen) atoms. The van der Waals surface area contributed by atoms with Gasteiger partial charge < -0.3 is 15.4 Å². The number of guanidine groups is 1. The average Bonchev–Trinajstić information content (AvgIpc) is 2.89. The Balaban J connectivity index is 0.00000220. The van der Waals surface area contributed by atoms with Crippen molar-refractivity contribution in [2.24, 2.45) is 4.99 Å². The smallest absolute Gasteiger partial charge is 0.191 e. The Labute approximate surface area is 144 Å². The highest BCUT2D eigenvalue weighted by Gasteiger charge is 2.22. The second-order valence-electron chi connectivity index (χ2n) is 5.14. The summed E-state index contributed by atoms with van der Waals surface area (Å²) in [6.45, 7) is 3.96. The Morgan fingerprint density at radius 3 is 2.81 bits per heavy atom. The van der Waals surface area contributed by atoms with Crippen LogP contribution in [0.5, 0.6) is 5.75 Å². The van der Waals surface area contributed by atoms with Gasteiger partial charge >= 0.3 is 0 Å². The van der Waals surface area contributed by atoms with Crippen molar-refractivity contribution in [1.82, 2.24) is 10.6 Å². The first-order valence-electron chi connectivity index (χ1n) is 7.52. The summed E-state index contributed by atoms with van der Waals surface area (Å²) in [4.78, 5) is 4.23. The van der Waals surface area contributed by atoms with Crippen molar-refractivity contribution in [1.29, 1.82) is 0 Å². The number of unbranched alkanes of at least 4 members (excludes halogenated alkanes) is 2. The van der Waals surface area contributed by atoms with Crippen molar-refractivity contribution in [2.75, 3.05) is 20.1 Å². The third-order valence-corrected chi connectivity index (χ3v) is 3.51. The second kappa shape index (κ2) is 9.87. The van der Waals surface area contributed by atoms with Gasteiger partial charge in [-0.3, -0.25) is 4.99 Å². The van der Waals surface area contributed by atoms with Crippen LogP contribution in [-0.4, -0.2) is 32.2 Å². The van der Waals surface area contributed by atoms with E-state index in [4.69, 9.17) is 4.74 Å². The lowest BCUT2D eigenvalue weighted by Gasteiger charge is -2.15. The maximum atomic E-state index is 5.90. The summed E-state index contributed by atoms with van der Waals surface area (Å²) in [5, 5.41) is 6.67. The Morgan fingerprint density at radius 1 is 1.29 bits per heavy atom. The van der Waals surface area contributed by atoms with E-state index < -0.39 is 0 Å². The Hall–Kier alpha value is -0.980. The molecule has 0 bridgehead atoms. The molecule has 1 atom stereocenters. The predicted molar refractivity (Wildman–Crippen MR) is 98.9 cm³/mol. The Morgan fingerprint density at radius 2 is 2.10 bits per heavy atom. The molecule has 0 fully saturated rings. The van der Waals surface area contributed by atoms with E-state index in [1.165, 1.54) is 24.8 Å². The largest absolute Gasteiger partial charge is 0.488 e. The Bertz CT molecular complexity index is 426. The number of halogens is 1. The summed E-state index contributed by atoms with van der Waals surface area (Å²) in [6, 6.07) is 8.25. The van der Waals surface area contributed by atoms with Gasteiger partial charge in [0.1, 0.15) is 11.9 Å². The molecule has 5 heteroatoms. The fraction of sp³-hybridized carbons (Fsp3) is 0.562. The zero-order chi connectivity index (χ0) is 14.2. The number of rotatable bonds is 6. The molecule has 1 heterocycles. The fourth-order valence-corrected chi connectivity index (χ4v) is 2.38. The average molecular weight is 403 g/mol. The first kappa shape index (κ1) is 18.1.